The summed E-state index contributed by atoms with van der Waals surface area (Å²) in [5.41, 5.74) is 3.59. The van der Waals surface area contributed by atoms with Gasteiger partial charge in [-0.25, -0.2) is 0 Å². The molecule has 1 aliphatic heterocycles. The third-order valence-corrected chi connectivity index (χ3v) is 5.52. The van der Waals surface area contributed by atoms with Crippen molar-refractivity contribution in [3.8, 4) is 0 Å². The first-order valence-electron chi connectivity index (χ1n) is 7.40. The van der Waals surface area contributed by atoms with Crippen molar-refractivity contribution in [1.82, 2.24) is 0 Å². The number of nitrogens with zero attached hydrogens (tertiary/aromatic N) is 1. The minimum atomic E-state index is -4.02. The minimum absolute atomic E-state index is 0.0666. The van der Waals surface area contributed by atoms with E-state index in [9.17, 15) is 8.42 Å². The summed E-state index contributed by atoms with van der Waals surface area (Å²) in [7, 11) is -1.88. The number of fused-ring (bicyclic) bond motifs is 1. The molecule has 1 N–H and O–H groups in total. The van der Waals surface area contributed by atoms with Crippen molar-refractivity contribution in [2.45, 2.75) is 17.2 Å². The Morgan fingerprint density at radius 2 is 1.71 bits per heavy atom. The molecule has 3 rings (SSSR count). The van der Waals surface area contributed by atoms with Gasteiger partial charge in [-0.05, 0) is 36.9 Å². The van der Waals surface area contributed by atoms with Crippen LogP contribution in [0, 0.1) is 6.92 Å². The molecule has 0 amide bonds. The van der Waals surface area contributed by atoms with Gasteiger partial charge in [0, 0.05) is 12.7 Å². The largest absolute Gasteiger partial charge is 0.359 e. The third kappa shape index (κ3) is 4.63. The number of benzene rings is 2. The van der Waals surface area contributed by atoms with Crippen LogP contribution in [0.2, 0.25) is 0 Å². The molecule has 1 heterocycles. The number of hydrogen-bond donors (Lipinski definition) is 1. The Labute approximate surface area is 148 Å². The highest BCUT2D eigenvalue weighted by Gasteiger charge is 2.16. The zero-order valence-corrected chi connectivity index (χ0v) is 15.5. The van der Waals surface area contributed by atoms with E-state index in [0.29, 0.717) is 5.37 Å². The van der Waals surface area contributed by atoms with Gasteiger partial charge in [0.05, 0.1) is 10.3 Å². The lowest BCUT2D eigenvalue weighted by molar-refractivity contribution is 0.483. The number of thioether (sulfide) groups is 1. The van der Waals surface area contributed by atoms with E-state index in [1.165, 1.54) is 23.4 Å². The topological polar surface area (TPSA) is 57.6 Å². The highest BCUT2D eigenvalue weighted by atomic mass is 32.2. The molecule has 1 aliphatic rings. The summed E-state index contributed by atoms with van der Waals surface area (Å²) >= 11 is 1.86. The van der Waals surface area contributed by atoms with E-state index in [1.54, 1.807) is 12.1 Å². The SMILES string of the molecule is CSC1C=Cc2ccccc2N1C.Cc1ccc(S(=O)(=O)O)cc1. The molecule has 2 aromatic rings. The summed E-state index contributed by atoms with van der Waals surface area (Å²) in [6.45, 7) is 1.84. The summed E-state index contributed by atoms with van der Waals surface area (Å²) in [6.07, 6.45) is 6.59. The van der Waals surface area contributed by atoms with Crippen molar-refractivity contribution in [2.24, 2.45) is 0 Å². The van der Waals surface area contributed by atoms with Gasteiger partial charge in [-0.1, -0.05) is 48.0 Å². The molecule has 0 fully saturated rings. The second-order valence-electron chi connectivity index (χ2n) is 5.44. The van der Waals surface area contributed by atoms with Crippen molar-refractivity contribution in [1.29, 1.82) is 0 Å². The zero-order chi connectivity index (χ0) is 17.7. The van der Waals surface area contributed by atoms with E-state index in [-0.39, 0.29) is 4.90 Å². The monoisotopic (exact) mass is 363 g/mol. The molecule has 0 spiro atoms. The summed E-state index contributed by atoms with van der Waals surface area (Å²) in [5.74, 6) is 0. The molecule has 0 radical (unpaired) electrons. The molecule has 6 heteroatoms. The molecule has 1 unspecified atom stereocenters. The van der Waals surface area contributed by atoms with Gasteiger partial charge in [0.25, 0.3) is 10.1 Å². The predicted octanol–water partition coefficient (Wildman–Crippen LogP) is 4.08. The second kappa shape index (κ2) is 7.88. The van der Waals surface area contributed by atoms with Crippen molar-refractivity contribution < 1.29 is 13.0 Å². The molecular weight excluding hydrogens is 342 g/mol. The Hall–Kier alpha value is -1.76. The van der Waals surface area contributed by atoms with Crippen LogP contribution in [0.25, 0.3) is 6.08 Å². The van der Waals surface area contributed by atoms with Crippen LogP contribution in [-0.2, 0) is 10.1 Å². The lowest BCUT2D eigenvalue weighted by Crippen LogP contribution is -2.29. The standard InChI is InChI=1S/C11H13NS.C7H8O3S/c1-12-10-6-4-3-5-9(10)7-8-11(12)13-2;1-6-2-4-7(5-3-6)11(8,9)10/h3-8,11H,1-2H3;2-5H,1H3,(H,8,9,10). The van der Waals surface area contributed by atoms with E-state index in [2.05, 4.69) is 54.6 Å². The number of aryl methyl sites for hydroxylation is 1. The number of anilines is 1. The summed E-state index contributed by atoms with van der Waals surface area (Å²) in [5, 5.41) is 0.481. The maximum atomic E-state index is 10.5. The normalized spacial score (nSPS) is 16.2. The fourth-order valence-corrected chi connectivity index (χ4v) is 3.49. The molecule has 0 saturated carbocycles. The Balaban J connectivity index is 0.000000177. The first-order valence-corrected chi connectivity index (χ1v) is 10.1. The van der Waals surface area contributed by atoms with Crippen LogP contribution in [0.15, 0.2) is 59.5 Å². The quantitative estimate of drug-likeness (QED) is 0.815. The van der Waals surface area contributed by atoms with Crippen LogP contribution in [0.5, 0.6) is 0 Å². The van der Waals surface area contributed by atoms with Gasteiger partial charge >= 0.3 is 0 Å². The molecule has 1 atom stereocenters. The van der Waals surface area contributed by atoms with Crippen LogP contribution in [0.3, 0.4) is 0 Å². The van der Waals surface area contributed by atoms with Crippen LogP contribution >= 0.6 is 11.8 Å². The molecule has 0 aromatic heterocycles. The van der Waals surface area contributed by atoms with Crippen molar-refractivity contribution >= 4 is 33.6 Å². The van der Waals surface area contributed by atoms with E-state index >= 15 is 0 Å². The van der Waals surface area contributed by atoms with Crippen molar-refractivity contribution in [3.63, 3.8) is 0 Å². The molecular formula is C18H21NO3S2. The van der Waals surface area contributed by atoms with Gasteiger partial charge in [0.1, 0.15) is 0 Å². The molecule has 2 aromatic carbocycles. The van der Waals surface area contributed by atoms with E-state index in [1.807, 2.05) is 18.7 Å². The first-order chi connectivity index (χ1) is 11.3. The smallest absolute Gasteiger partial charge is 0.294 e. The second-order valence-corrected chi connectivity index (χ2v) is 7.82. The zero-order valence-electron chi connectivity index (χ0n) is 13.9. The molecule has 0 bridgehead atoms. The van der Waals surface area contributed by atoms with Gasteiger partial charge in [-0.15, -0.1) is 11.8 Å². The average Bonchev–Trinajstić information content (AvgIpc) is 2.56. The lowest BCUT2D eigenvalue weighted by atomic mass is 10.1. The molecule has 4 nitrogen and oxygen atoms in total. The summed E-state index contributed by atoms with van der Waals surface area (Å²) in [6, 6.07) is 14.5. The van der Waals surface area contributed by atoms with E-state index in [0.717, 1.165) is 5.56 Å². The van der Waals surface area contributed by atoms with E-state index in [4.69, 9.17) is 4.55 Å². The molecule has 24 heavy (non-hydrogen) atoms. The summed E-state index contributed by atoms with van der Waals surface area (Å²) < 4.78 is 29.6. The van der Waals surface area contributed by atoms with Crippen LogP contribution in [0.4, 0.5) is 5.69 Å². The lowest BCUT2D eigenvalue weighted by Gasteiger charge is -2.30. The Morgan fingerprint density at radius 3 is 2.29 bits per heavy atom. The fourth-order valence-electron chi connectivity index (χ4n) is 2.35. The van der Waals surface area contributed by atoms with Crippen molar-refractivity contribution in [3.05, 3.63) is 65.7 Å². The van der Waals surface area contributed by atoms with Gasteiger partial charge in [0.2, 0.25) is 0 Å². The first kappa shape index (κ1) is 18.6. The van der Waals surface area contributed by atoms with Gasteiger partial charge in [-0.3, -0.25) is 4.55 Å². The van der Waals surface area contributed by atoms with Crippen LogP contribution in [-0.4, -0.2) is 31.6 Å². The number of hydrogen-bond acceptors (Lipinski definition) is 4. The molecule has 128 valence electrons. The number of rotatable bonds is 2. The average molecular weight is 364 g/mol. The minimum Gasteiger partial charge on any atom is -0.359 e. The highest BCUT2D eigenvalue weighted by molar-refractivity contribution is 7.99. The van der Waals surface area contributed by atoms with Crippen LogP contribution < -0.4 is 4.90 Å². The predicted molar refractivity (Wildman–Crippen MR) is 102 cm³/mol. The Morgan fingerprint density at radius 1 is 1.08 bits per heavy atom. The maximum Gasteiger partial charge on any atom is 0.294 e. The number of likely N-dealkylation sites (N-methyl/N-ethyl adjacent to an activating group) is 1. The van der Waals surface area contributed by atoms with Crippen molar-refractivity contribution in [2.75, 3.05) is 18.2 Å². The molecule has 0 aliphatic carbocycles. The Bertz CT molecular complexity index is 814. The fraction of sp³-hybridized carbons (Fsp3) is 0.222. The highest BCUT2D eigenvalue weighted by Crippen LogP contribution is 2.30. The summed E-state index contributed by atoms with van der Waals surface area (Å²) in [4.78, 5) is 2.24. The third-order valence-electron chi connectivity index (χ3n) is 3.70. The molecule has 0 saturated heterocycles. The van der Waals surface area contributed by atoms with Gasteiger partial charge in [0.15, 0.2) is 0 Å². The van der Waals surface area contributed by atoms with E-state index < -0.39 is 10.1 Å². The Kier molecular flexibility index (Phi) is 6.10. The van der Waals surface area contributed by atoms with Gasteiger partial charge < -0.3 is 4.90 Å². The maximum absolute atomic E-state index is 10.5. The number of para-hydroxylation sites is 1. The van der Waals surface area contributed by atoms with Gasteiger partial charge in [-0.2, -0.15) is 8.42 Å². The van der Waals surface area contributed by atoms with Crippen LogP contribution in [0.1, 0.15) is 11.1 Å².